The SMILES string of the molecule is COCCN1C(=O)C(=O)C(=C(O)c2ccc(C)cc2)[C@H]1c1ccc(C(C)C)cc1. The predicted octanol–water partition coefficient (Wildman–Crippen LogP) is 4.19. The van der Waals surface area contributed by atoms with Crippen molar-refractivity contribution in [1.82, 2.24) is 4.90 Å². The molecule has 0 radical (unpaired) electrons. The maximum Gasteiger partial charge on any atom is 0.295 e. The van der Waals surface area contributed by atoms with Crippen molar-refractivity contribution < 1.29 is 19.4 Å². The molecule has 2 aromatic rings. The lowest BCUT2D eigenvalue weighted by molar-refractivity contribution is -0.140. The normalized spacial score (nSPS) is 18.7. The van der Waals surface area contributed by atoms with Gasteiger partial charge in [0.05, 0.1) is 18.2 Å². The summed E-state index contributed by atoms with van der Waals surface area (Å²) in [5, 5.41) is 11.0. The van der Waals surface area contributed by atoms with Crippen LogP contribution in [0.15, 0.2) is 54.1 Å². The number of likely N-dealkylation sites (tertiary alicyclic amines) is 1. The number of carbonyl (C=O) groups is 2. The lowest BCUT2D eigenvalue weighted by Gasteiger charge is -2.25. The van der Waals surface area contributed by atoms with Crippen molar-refractivity contribution in [3.8, 4) is 0 Å². The number of carbonyl (C=O) groups excluding carboxylic acids is 2. The minimum absolute atomic E-state index is 0.118. The van der Waals surface area contributed by atoms with E-state index in [1.165, 1.54) is 10.5 Å². The number of aryl methyl sites for hydroxylation is 1. The monoisotopic (exact) mass is 393 g/mol. The topological polar surface area (TPSA) is 66.8 Å². The lowest BCUT2D eigenvalue weighted by atomic mass is 9.93. The molecule has 1 N–H and O–H groups in total. The van der Waals surface area contributed by atoms with Crippen LogP contribution in [0.3, 0.4) is 0 Å². The van der Waals surface area contributed by atoms with Crippen LogP contribution in [0.4, 0.5) is 0 Å². The average Bonchev–Trinajstić information content (AvgIpc) is 2.97. The van der Waals surface area contributed by atoms with Crippen molar-refractivity contribution in [3.63, 3.8) is 0 Å². The van der Waals surface area contributed by atoms with Gasteiger partial charge in [0.15, 0.2) is 0 Å². The van der Waals surface area contributed by atoms with E-state index in [0.29, 0.717) is 18.1 Å². The molecular weight excluding hydrogens is 366 g/mol. The van der Waals surface area contributed by atoms with Crippen LogP contribution >= 0.6 is 0 Å². The van der Waals surface area contributed by atoms with E-state index in [1.807, 2.05) is 43.3 Å². The van der Waals surface area contributed by atoms with Crippen LogP contribution in [-0.2, 0) is 14.3 Å². The highest BCUT2D eigenvalue weighted by molar-refractivity contribution is 6.46. The van der Waals surface area contributed by atoms with Gasteiger partial charge in [-0.15, -0.1) is 0 Å². The van der Waals surface area contributed by atoms with E-state index in [4.69, 9.17) is 4.74 Å². The van der Waals surface area contributed by atoms with Gasteiger partial charge in [-0.1, -0.05) is 67.9 Å². The van der Waals surface area contributed by atoms with Crippen LogP contribution in [0.1, 0.15) is 48.1 Å². The molecule has 3 rings (SSSR count). The highest BCUT2D eigenvalue weighted by Gasteiger charge is 2.45. The lowest BCUT2D eigenvalue weighted by Crippen LogP contribution is -2.32. The number of rotatable bonds is 6. The third-order valence-electron chi connectivity index (χ3n) is 5.32. The quantitative estimate of drug-likeness (QED) is 0.454. The molecule has 1 atom stereocenters. The smallest absolute Gasteiger partial charge is 0.295 e. The van der Waals surface area contributed by atoms with Crippen molar-refractivity contribution in [1.29, 1.82) is 0 Å². The fourth-order valence-electron chi connectivity index (χ4n) is 3.58. The summed E-state index contributed by atoms with van der Waals surface area (Å²) in [4.78, 5) is 27.1. The van der Waals surface area contributed by atoms with Gasteiger partial charge in [-0.2, -0.15) is 0 Å². The Morgan fingerprint density at radius 1 is 1.07 bits per heavy atom. The Kier molecular flexibility index (Phi) is 6.18. The summed E-state index contributed by atoms with van der Waals surface area (Å²) in [7, 11) is 1.55. The molecule has 2 aromatic carbocycles. The molecule has 1 heterocycles. The Morgan fingerprint density at radius 2 is 1.69 bits per heavy atom. The van der Waals surface area contributed by atoms with Crippen LogP contribution in [0.25, 0.3) is 5.76 Å². The summed E-state index contributed by atoms with van der Waals surface area (Å²) in [6.45, 7) is 6.73. The molecule has 1 aliphatic heterocycles. The first-order valence-electron chi connectivity index (χ1n) is 9.79. The standard InChI is InChI=1S/C24H27NO4/c1-15(2)17-9-11-18(12-10-17)21-20(22(26)19-7-5-16(3)6-8-19)23(27)24(28)25(21)13-14-29-4/h5-12,15,21,26H,13-14H2,1-4H3/t21-/m1/s1. The molecule has 5 nitrogen and oxygen atoms in total. The minimum Gasteiger partial charge on any atom is -0.507 e. The molecule has 29 heavy (non-hydrogen) atoms. The fraction of sp³-hybridized carbons (Fsp3) is 0.333. The molecule has 1 saturated heterocycles. The van der Waals surface area contributed by atoms with E-state index < -0.39 is 17.7 Å². The Balaban J connectivity index is 2.13. The summed E-state index contributed by atoms with van der Waals surface area (Å²) in [5.41, 5.74) is 3.64. The summed E-state index contributed by atoms with van der Waals surface area (Å²) >= 11 is 0. The molecule has 1 fully saturated rings. The van der Waals surface area contributed by atoms with Crippen molar-refractivity contribution in [3.05, 3.63) is 76.4 Å². The number of aliphatic hydroxyl groups excluding tert-OH is 1. The summed E-state index contributed by atoms with van der Waals surface area (Å²) in [5.74, 6) is -1.07. The van der Waals surface area contributed by atoms with Gasteiger partial charge in [-0.25, -0.2) is 0 Å². The first-order chi connectivity index (χ1) is 13.8. The van der Waals surface area contributed by atoms with Gasteiger partial charge >= 0.3 is 0 Å². The fourth-order valence-corrected chi connectivity index (χ4v) is 3.58. The van der Waals surface area contributed by atoms with Gasteiger partial charge in [-0.3, -0.25) is 9.59 Å². The Labute approximate surface area is 171 Å². The molecule has 5 heteroatoms. The average molecular weight is 393 g/mol. The third-order valence-corrected chi connectivity index (χ3v) is 5.32. The van der Waals surface area contributed by atoms with Crippen molar-refractivity contribution >= 4 is 17.4 Å². The molecule has 0 aromatic heterocycles. The van der Waals surface area contributed by atoms with Gasteiger partial charge < -0.3 is 14.7 Å². The highest BCUT2D eigenvalue weighted by atomic mass is 16.5. The van der Waals surface area contributed by atoms with E-state index >= 15 is 0 Å². The molecule has 0 saturated carbocycles. The van der Waals surface area contributed by atoms with Crippen molar-refractivity contribution in [2.45, 2.75) is 32.7 Å². The first-order valence-corrected chi connectivity index (χ1v) is 9.79. The largest absolute Gasteiger partial charge is 0.507 e. The molecule has 0 spiro atoms. The maximum atomic E-state index is 12.9. The van der Waals surface area contributed by atoms with Gasteiger partial charge in [0.1, 0.15) is 5.76 Å². The molecule has 1 amide bonds. The number of nitrogens with zero attached hydrogens (tertiary/aromatic N) is 1. The van der Waals surface area contributed by atoms with E-state index in [1.54, 1.807) is 19.2 Å². The molecule has 0 unspecified atom stereocenters. The molecule has 0 bridgehead atoms. The summed E-state index contributed by atoms with van der Waals surface area (Å²) in [6, 6.07) is 14.4. The van der Waals surface area contributed by atoms with E-state index in [9.17, 15) is 14.7 Å². The Bertz CT molecular complexity index is 926. The minimum atomic E-state index is -0.669. The Hall–Kier alpha value is -2.92. The van der Waals surface area contributed by atoms with Crippen molar-refractivity contribution in [2.24, 2.45) is 0 Å². The molecule has 1 aliphatic rings. The van der Waals surface area contributed by atoms with Crippen LogP contribution < -0.4 is 0 Å². The maximum absolute atomic E-state index is 12.9. The zero-order valence-electron chi connectivity index (χ0n) is 17.3. The number of ketones is 1. The van der Waals surface area contributed by atoms with E-state index in [0.717, 1.165) is 11.1 Å². The third kappa shape index (κ3) is 4.10. The number of aliphatic hydroxyl groups is 1. The number of Topliss-reactive ketones (excluding diaryl/α,β-unsaturated/α-hetero) is 1. The number of hydrogen-bond acceptors (Lipinski definition) is 4. The van der Waals surface area contributed by atoms with E-state index in [-0.39, 0.29) is 17.9 Å². The van der Waals surface area contributed by atoms with E-state index in [2.05, 4.69) is 13.8 Å². The zero-order valence-corrected chi connectivity index (χ0v) is 17.3. The van der Waals surface area contributed by atoms with Crippen LogP contribution in [0, 0.1) is 6.92 Å². The second kappa shape index (κ2) is 8.62. The first kappa shape index (κ1) is 20.8. The van der Waals surface area contributed by atoms with Gasteiger partial charge in [0.25, 0.3) is 11.7 Å². The predicted molar refractivity (Wildman–Crippen MR) is 113 cm³/mol. The van der Waals surface area contributed by atoms with Crippen LogP contribution in [0.2, 0.25) is 0 Å². The number of hydrogen-bond donors (Lipinski definition) is 1. The second-order valence-electron chi connectivity index (χ2n) is 7.67. The number of methoxy groups -OCH3 is 1. The van der Waals surface area contributed by atoms with Crippen LogP contribution in [-0.4, -0.2) is 42.0 Å². The number of amides is 1. The van der Waals surface area contributed by atoms with Gasteiger partial charge in [0, 0.05) is 19.2 Å². The number of ether oxygens (including phenoxy) is 1. The summed E-state index contributed by atoms with van der Waals surface area (Å²) in [6.07, 6.45) is 0. The molecule has 152 valence electrons. The van der Waals surface area contributed by atoms with Crippen molar-refractivity contribution in [2.75, 3.05) is 20.3 Å². The second-order valence-corrected chi connectivity index (χ2v) is 7.67. The summed E-state index contributed by atoms with van der Waals surface area (Å²) < 4.78 is 5.13. The van der Waals surface area contributed by atoms with Gasteiger partial charge in [0.2, 0.25) is 0 Å². The molecule has 0 aliphatic carbocycles. The van der Waals surface area contributed by atoms with Gasteiger partial charge in [-0.05, 0) is 24.0 Å². The van der Waals surface area contributed by atoms with Crippen LogP contribution in [0.5, 0.6) is 0 Å². The zero-order chi connectivity index (χ0) is 21.1. The number of benzene rings is 2. The molecular formula is C24H27NO4. The Morgan fingerprint density at radius 3 is 2.24 bits per heavy atom. The highest BCUT2D eigenvalue weighted by Crippen LogP contribution is 2.39.